The van der Waals surface area contributed by atoms with Gasteiger partial charge in [-0.15, -0.1) is 0 Å². The van der Waals surface area contributed by atoms with E-state index in [1.807, 2.05) is 0 Å². The van der Waals surface area contributed by atoms with Crippen LogP contribution in [0.25, 0.3) is 0 Å². The van der Waals surface area contributed by atoms with Gasteiger partial charge >= 0.3 is 6.09 Å². The highest BCUT2D eigenvalue weighted by atomic mass is 79.9. The summed E-state index contributed by atoms with van der Waals surface area (Å²) >= 11 is 3.40. The molecule has 3 aliphatic rings. The molecule has 0 spiro atoms. The topological polar surface area (TPSA) is 232 Å². The largest absolute Gasteiger partial charge is 0.444 e. The molecule has 3 saturated heterocycles. The van der Waals surface area contributed by atoms with E-state index in [4.69, 9.17) is 15.9 Å². The number of halogens is 2. The third-order valence-electron chi connectivity index (χ3n) is 12.6. The summed E-state index contributed by atoms with van der Waals surface area (Å²) in [4.78, 5) is 103. The van der Waals surface area contributed by atoms with Crippen LogP contribution in [0.3, 0.4) is 0 Å². The van der Waals surface area contributed by atoms with Gasteiger partial charge in [-0.25, -0.2) is 24.1 Å². The van der Waals surface area contributed by atoms with Crippen molar-refractivity contribution in [3.05, 3.63) is 117 Å². The molecule has 4 aromatic rings. The van der Waals surface area contributed by atoms with E-state index in [0.29, 0.717) is 53.4 Å². The molecule has 7 rings (SSSR count). The lowest BCUT2D eigenvalue weighted by molar-refractivity contribution is -0.134. The van der Waals surface area contributed by atoms with Crippen LogP contribution in [0.5, 0.6) is 0 Å². The van der Waals surface area contributed by atoms with Gasteiger partial charge in [0.05, 0.1) is 30.0 Å². The molecule has 0 aliphatic carbocycles. The molecule has 2 aromatic carbocycles. The average molecular weight is 1040 g/mol. The maximum Gasteiger partial charge on any atom is 0.411 e. The summed E-state index contributed by atoms with van der Waals surface area (Å²) in [5, 5.41) is 11.4. The molecule has 0 radical (unpaired) electrons. The Bertz CT molecular complexity index is 2610. The number of carbonyl (C=O) groups is 6. The lowest BCUT2D eigenvalue weighted by Gasteiger charge is -2.40. The molecule has 21 heteroatoms. The van der Waals surface area contributed by atoms with E-state index >= 15 is 4.39 Å². The Morgan fingerprint density at radius 3 is 2.15 bits per heavy atom. The van der Waals surface area contributed by atoms with Crippen molar-refractivity contribution in [2.75, 3.05) is 90.4 Å². The molecular formula is C50H60BrFN12O7. The number of anilines is 1. The van der Waals surface area contributed by atoms with Gasteiger partial charge in [0.25, 0.3) is 11.8 Å². The van der Waals surface area contributed by atoms with Crippen molar-refractivity contribution < 1.29 is 37.9 Å². The summed E-state index contributed by atoms with van der Waals surface area (Å²) < 4.78 is 21.1. The average Bonchev–Trinajstić information content (AvgIpc) is 3.34. The molecule has 376 valence electrons. The number of hydrogen-bond acceptors (Lipinski definition) is 13. The first-order chi connectivity index (χ1) is 33.9. The van der Waals surface area contributed by atoms with Crippen LogP contribution in [0.1, 0.15) is 81.6 Å². The minimum absolute atomic E-state index is 0.00245. The second-order valence-corrected chi connectivity index (χ2v) is 19.9. The van der Waals surface area contributed by atoms with Crippen LogP contribution in [-0.4, -0.2) is 176 Å². The molecule has 3 aliphatic heterocycles. The van der Waals surface area contributed by atoms with E-state index in [2.05, 4.69) is 46.0 Å². The molecule has 0 atom stereocenters. The number of aromatic nitrogens is 3. The van der Waals surface area contributed by atoms with Gasteiger partial charge in [0.1, 0.15) is 24.3 Å². The highest BCUT2D eigenvalue weighted by Crippen LogP contribution is 2.26. The Morgan fingerprint density at radius 2 is 1.49 bits per heavy atom. The number of likely N-dealkylation sites (tertiary alicyclic amines) is 1. The Hall–Kier alpha value is -6.71. The monoisotopic (exact) mass is 1040 g/mol. The normalized spacial score (nSPS) is 16.0. The third kappa shape index (κ3) is 14.2. The minimum Gasteiger partial charge on any atom is -0.444 e. The van der Waals surface area contributed by atoms with E-state index < -0.39 is 35.2 Å². The number of piperazine rings is 2. The van der Waals surface area contributed by atoms with Gasteiger partial charge in [0, 0.05) is 112 Å². The number of benzene rings is 2. The third-order valence-corrected chi connectivity index (χ3v) is 13.1. The predicted molar refractivity (Wildman–Crippen MR) is 265 cm³/mol. The first-order valence-corrected chi connectivity index (χ1v) is 24.4. The van der Waals surface area contributed by atoms with Gasteiger partial charge in [-0.3, -0.25) is 33.8 Å². The highest BCUT2D eigenvalue weighted by molar-refractivity contribution is 9.10. The van der Waals surface area contributed by atoms with Crippen LogP contribution < -0.4 is 11.1 Å². The molecule has 0 unspecified atom stereocenters. The molecule has 2 aromatic heterocycles. The van der Waals surface area contributed by atoms with E-state index in [1.54, 1.807) is 78.1 Å². The zero-order valence-electron chi connectivity index (χ0n) is 40.2. The van der Waals surface area contributed by atoms with Crippen LogP contribution in [0.2, 0.25) is 0 Å². The molecule has 71 heavy (non-hydrogen) atoms. The predicted octanol–water partition coefficient (Wildman–Crippen LogP) is 4.31. The molecule has 19 nitrogen and oxygen atoms in total. The summed E-state index contributed by atoms with van der Waals surface area (Å²) in [7, 11) is 0. The molecule has 4 N–H and O–H groups in total. The highest BCUT2D eigenvalue weighted by Gasteiger charge is 2.32. The van der Waals surface area contributed by atoms with Crippen molar-refractivity contribution in [1.82, 2.24) is 44.4 Å². The fraction of sp³-hybridized carbons (Fsp3) is 0.440. The first kappa shape index (κ1) is 52.1. The number of nitrogens with one attached hydrogen (secondary N) is 2. The molecular weight excluding hydrogens is 980 g/mol. The molecule has 0 bridgehead atoms. The number of carbonyl (C=O) groups excluding carboxylic acids is 6. The van der Waals surface area contributed by atoms with Crippen LogP contribution in [0.4, 0.5) is 14.9 Å². The van der Waals surface area contributed by atoms with Gasteiger partial charge in [-0.05, 0) is 91.4 Å². The number of hydrogen-bond donors (Lipinski definition) is 3. The fourth-order valence-electron chi connectivity index (χ4n) is 8.88. The van der Waals surface area contributed by atoms with Crippen LogP contribution >= 0.6 is 15.9 Å². The van der Waals surface area contributed by atoms with E-state index in [9.17, 15) is 28.8 Å². The lowest BCUT2D eigenvalue weighted by atomic mass is 9.95. The Labute approximate surface area is 420 Å². The Morgan fingerprint density at radius 1 is 0.831 bits per heavy atom. The maximum atomic E-state index is 15.0. The maximum absolute atomic E-state index is 15.0. The number of nitrogens with zero attached hydrogens (tertiary/aromatic N) is 9. The van der Waals surface area contributed by atoms with Gasteiger partial charge < -0.3 is 40.8 Å². The van der Waals surface area contributed by atoms with Gasteiger partial charge in [-0.2, -0.15) is 0 Å². The van der Waals surface area contributed by atoms with Crippen molar-refractivity contribution in [2.24, 2.45) is 11.7 Å². The van der Waals surface area contributed by atoms with E-state index in [0.717, 1.165) is 45.6 Å². The quantitative estimate of drug-likeness (QED) is 0.142. The van der Waals surface area contributed by atoms with Gasteiger partial charge in [0.15, 0.2) is 5.69 Å². The van der Waals surface area contributed by atoms with Crippen LogP contribution in [-0.2, 0) is 27.3 Å². The zero-order valence-corrected chi connectivity index (χ0v) is 41.8. The number of piperidine rings is 1. The minimum atomic E-state index is -0.799. The van der Waals surface area contributed by atoms with Crippen molar-refractivity contribution in [3.63, 3.8) is 0 Å². The van der Waals surface area contributed by atoms with Gasteiger partial charge in [-0.1, -0.05) is 24.3 Å². The summed E-state index contributed by atoms with van der Waals surface area (Å²) in [5.41, 5.74) is 6.66. The Balaban J connectivity index is 0.832. The summed E-state index contributed by atoms with van der Waals surface area (Å²) in [6, 6.07) is 14.0. The summed E-state index contributed by atoms with van der Waals surface area (Å²) in [5.74, 6) is -2.31. The number of pyridine rings is 1. The summed E-state index contributed by atoms with van der Waals surface area (Å²) in [6.07, 6.45) is 5.36. The molecule has 5 heterocycles. The smallest absolute Gasteiger partial charge is 0.411 e. The standard InChI is InChI=1S/C50H60BrFN12O7/c1-50(2,3)71-49(70)64(29-36-10-13-55-32-57-36)30-43(65)58-42-26-35(51)27-56-45(42)48(69)62-14-11-33(12-15-62)28-59-16-18-60(19-17-59)31-44(66)61-20-22-63(23-21-61)47(68)39-24-34(8-9-40(39)52)25-41(53)37-6-4-5-7-38(37)46(54)67/h4-10,13,24,26-27,32-33,53H,11-12,14-23,25,28-31H2,1-3H3,(H2,54,67)(H,58,65). The van der Waals surface area contributed by atoms with Crippen LogP contribution in [0, 0.1) is 17.1 Å². The van der Waals surface area contributed by atoms with Crippen molar-refractivity contribution in [2.45, 2.75) is 52.2 Å². The number of rotatable bonds is 15. The zero-order chi connectivity index (χ0) is 50.8. The second-order valence-electron chi connectivity index (χ2n) is 19.0. The van der Waals surface area contributed by atoms with Crippen LogP contribution in [0.15, 0.2) is 77.8 Å². The fourth-order valence-corrected chi connectivity index (χ4v) is 9.21. The van der Waals surface area contributed by atoms with Gasteiger partial charge in [0.2, 0.25) is 17.7 Å². The molecule has 0 saturated carbocycles. The summed E-state index contributed by atoms with van der Waals surface area (Å²) in [6.45, 7) is 11.2. The number of nitrogens with two attached hydrogens (primary N) is 1. The Kier molecular flexibility index (Phi) is 17.2. The molecule has 6 amide bonds. The lowest BCUT2D eigenvalue weighted by Crippen LogP contribution is -2.55. The second kappa shape index (κ2) is 23.5. The molecule has 3 fully saturated rings. The SMILES string of the molecule is CC(C)(C)OC(=O)N(CC(=O)Nc1cc(Br)cnc1C(=O)N1CCC(CN2CCN(CC(=O)N3CCN(C(=O)c4cc(CC(=N)c5ccccc5C(N)=O)ccc4F)CC3)CC2)CC1)Cc1ccncn1. The van der Waals surface area contributed by atoms with E-state index in [-0.39, 0.29) is 79.2 Å². The number of amides is 6. The van der Waals surface area contributed by atoms with E-state index in [1.165, 1.54) is 35.6 Å². The van der Waals surface area contributed by atoms with Crippen molar-refractivity contribution in [1.29, 1.82) is 5.41 Å². The van der Waals surface area contributed by atoms with Crippen molar-refractivity contribution >= 4 is 63.0 Å². The van der Waals surface area contributed by atoms with Crippen molar-refractivity contribution in [3.8, 4) is 0 Å². The first-order valence-electron chi connectivity index (χ1n) is 23.6. The number of ether oxygens (including phenoxy) is 1. The number of primary amides is 1.